The van der Waals surface area contributed by atoms with Crippen LogP contribution >= 0.6 is 0 Å². The molecule has 104 valence electrons. The molecule has 1 aromatic rings. The average molecular weight is 259 g/mol. The summed E-state index contributed by atoms with van der Waals surface area (Å²) >= 11 is 0. The second-order valence-corrected chi connectivity index (χ2v) is 6.18. The lowest BCUT2D eigenvalue weighted by atomic mass is 10.2. The van der Waals surface area contributed by atoms with Gasteiger partial charge in [0.1, 0.15) is 5.82 Å². The van der Waals surface area contributed by atoms with Crippen LogP contribution in [0.15, 0.2) is 12.1 Å². The Balaban J connectivity index is 1.73. The van der Waals surface area contributed by atoms with Crippen LogP contribution in [0.2, 0.25) is 0 Å². The number of aromatic nitrogens is 1. The van der Waals surface area contributed by atoms with E-state index >= 15 is 0 Å². The van der Waals surface area contributed by atoms with Gasteiger partial charge in [0.05, 0.1) is 0 Å². The summed E-state index contributed by atoms with van der Waals surface area (Å²) in [5, 5.41) is 3.57. The molecule has 1 aromatic heterocycles. The Morgan fingerprint density at radius 2 is 2.21 bits per heavy atom. The Bertz CT molecular complexity index is 442. The van der Waals surface area contributed by atoms with E-state index in [1.807, 2.05) is 0 Å². The third kappa shape index (κ3) is 2.76. The van der Waals surface area contributed by atoms with Crippen molar-refractivity contribution < 1.29 is 0 Å². The Hall–Kier alpha value is -1.09. The highest BCUT2D eigenvalue weighted by Crippen LogP contribution is 2.27. The van der Waals surface area contributed by atoms with Crippen LogP contribution in [0, 0.1) is 0 Å². The molecule has 1 fully saturated rings. The molecule has 1 N–H and O–H groups in total. The lowest BCUT2D eigenvalue weighted by molar-refractivity contribution is 0.522. The topological polar surface area (TPSA) is 28.2 Å². The van der Waals surface area contributed by atoms with Gasteiger partial charge >= 0.3 is 0 Å². The van der Waals surface area contributed by atoms with Crippen LogP contribution in [-0.4, -0.2) is 30.2 Å². The molecule has 0 saturated carbocycles. The van der Waals surface area contributed by atoms with Crippen LogP contribution in [0.5, 0.6) is 0 Å². The average Bonchev–Trinajstić information content (AvgIpc) is 3.04. The molecule has 3 rings (SSSR count). The zero-order valence-corrected chi connectivity index (χ0v) is 12.2. The van der Waals surface area contributed by atoms with E-state index in [1.165, 1.54) is 49.2 Å². The van der Waals surface area contributed by atoms with Gasteiger partial charge in [0, 0.05) is 30.9 Å². The third-order valence-corrected chi connectivity index (χ3v) is 4.35. The van der Waals surface area contributed by atoms with E-state index in [1.54, 1.807) is 0 Å². The smallest absolute Gasteiger partial charge is 0.129 e. The first-order chi connectivity index (χ1) is 9.24. The maximum Gasteiger partial charge on any atom is 0.129 e. The molecule has 0 radical (unpaired) electrons. The van der Waals surface area contributed by atoms with Gasteiger partial charge in [-0.2, -0.15) is 0 Å². The minimum absolute atomic E-state index is 0.565. The fourth-order valence-corrected chi connectivity index (χ4v) is 3.29. The molecule has 0 bridgehead atoms. The monoisotopic (exact) mass is 259 g/mol. The molecular formula is C16H25N3. The highest BCUT2D eigenvalue weighted by molar-refractivity contribution is 5.45. The molecule has 2 aliphatic rings. The van der Waals surface area contributed by atoms with Gasteiger partial charge in [0.2, 0.25) is 0 Å². The standard InChI is InChI=1S/C16H25N3/c1-12(2)17-11-14-6-4-10-19(14)16-9-8-13-5-3-7-15(13)18-16/h8-9,12,14,17H,3-7,10-11H2,1-2H3. The Kier molecular flexibility index (Phi) is 3.74. The van der Waals surface area contributed by atoms with Crippen LogP contribution in [0.3, 0.4) is 0 Å². The van der Waals surface area contributed by atoms with E-state index in [9.17, 15) is 0 Å². The zero-order chi connectivity index (χ0) is 13.2. The van der Waals surface area contributed by atoms with Crippen molar-refractivity contribution in [2.45, 2.75) is 58.0 Å². The van der Waals surface area contributed by atoms with Crippen LogP contribution < -0.4 is 10.2 Å². The van der Waals surface area contributed by atoms with Gasteiger partial charge in [-0.1, -0.05) is 19.9 Å². The van der Waals surface area contributed by atoms with Gasteiger partial charge in [-0.05, 0) is 43.7 Å². The number of rotatable bonds is 4. The molecule has 0 spiro atoms. The van der Waals surface area contributed by atoms with Crippen LogP contribution in [0.1, 0.15) is 44.4 Å². The summed E-state index contributed by atoms with van der Waals surface area (Å²) in [4.78, 5) is 7.42. The Labute approximate surface area is 116 Å². The molecule has 19 heavy (non-hydrogen) atoms. The summed E-state index contributed by atoms with van der Waals surface area (Å²) in [5.41, 5.74) is 2.82. The Morgan fingerprint density at radius 1 is 1.32 bits per heavy atom. The number of fused-ring (bicyclic) bond motifs is 1. The SMILES string of the molecule is CC(C)NCC1CCCN1c1ccc2c(n1)CCC2. The van der Waals surface area contributed by atoms with E-state index in [2.05, 4.69) is 36.2 Å². The number of nitrogens with zero attached hydrogens (tertiary/aromatic N) is 2. The van der Waals surface area contributed by atoms with Crippen LogP contribution in [0.4, 0.5) is 5.82 Å². The molecule has 2 heterocycles. The van der Waals surface area contributed by atoms with E-state index < -0.39 is 0 Å². The normalized spacial score (nSPS) is 22.3. The molecule has 3 heteroatoms. The van der Waals surface area contributed by atoms with Crippen molar-refractivity contribution in [1.29, 1.82) is 0 Å². The largest absolute Gasteiger partial charge is 0.352 e. The number of nitrogens with one attached hydrogen (secondary N) is 1. The predicted octanol–water partition coefficient (Wildman–Crippen LogP) is 2.54. The van der Waals surface area contributed by atoms with E-state index in [4.69, 9.17) is 4.98 Å². The van der Waals surface area contributed by atoms with E-state index in [0.29, 0.717) is 12.1 Å². The molecule has 1 unspecified atom stereocenters. The second-order valence-electron chi connectivity index (χ2n) is 6.18. The number of aryl methyl sites for hydroxylation is 2. The maximum absolute atomic E-state index is 4.91. The predicted molar refractivity (Wildman–Crippen MR) is 79.8 cm³/mol. The number of anilines is 1. The minimum Gasteiger partial charge on any atom is -0.352 e. The number of hydrogen-bond acceptors (Lipinski definition) is 3. The molecule has 1 aliphatic carbocycles. The molecule has 0 aromatic carbocycles. The van der Waals surface area contributed by atoms with Crippen molar-refractivity contribution in [3.63, 3.8) is 0 Å². The highest BCUT2D eigenvalue weighted by Gasteiger charge is 2.26. The fraction of sp³-hybridized carbons (Fsp3) is 0.688. The first-order valence-corrected chi connectivity index (χ1v) is 7.73. The Morgan fingerprint density at radius 3 is 3.05 bits per heavy atom. The van der Waals surface area contributed by atoms with Gasteiger partial charge in [0.15, 0.2) is 0 Å². The third-order valence-electron chi connectivity index (χ3n) is 4.35. The first-order valence-electron chi connectivity index (χ1n) is 7.73. The van der Waals surface area contributed by atoms with Gasteiger partial charge in [-0.3, -0.25) is 0 Å². The molecule has 1 aliphatic heterocycles. The van der Waals surface area contributed by atoms with Gasteiger partial charge in [0.25, 0.3) is 0 Å². The zero-order valence-electron chi connectivity index (χ0n) is 12.2. The lowest BCUT2D eigenvalue weighted by Gasteiger charge is -2.27. The maximum atomic E-state index is 4.91. The molecule has 0 amide bonds. The van der Waals surface area contributed by atoms with Crippen LogP contribution in [-0.2, 0) is 12.8 Å². The van der Waals surface area contributed by atoms with Crippen molar-refractivity contribution >= 4 is 5.82 Å². The molecule has 3 nitrogen and oxygen atoms in total. The first kappa shape index (κ1) is 12.9. The highest BCUT2D eigenvalue weighted by atomic mass is 15.2. The number of hydrogen-bond donors (Lipinski definition) is 1. The van der Waals surface area contributed by atoms with Crippen molar-refractivity contribution in [1.82, 2.24) is 10.3 Å². The summed E-state index contributed by atoms with van der Waals surface area (Å²) in [6.07, 6.45) is 6.26. The quantitative estimate of drug-likeness (QED) is 0.900. The summed E-state index contributed by atoms with van der Waals surface area (Å²) < 4.78 is 0. The summed E-state index contributed by atoms with van der Waals surface area (Å²) in [6, 6.07) is 5.72. The van der Waals surface area contributed by atoms with Gasteiger partial charge in [-0.15, -0.1) is 0 Å². The van der Waals surface area contributed by atoms with Crippen LogP contribution in [0.25, 0.3) is 0 Å². The molecule has 1 atom stereocenters. The lowest BCUT2D eigenvalue weighted by Crippen LogP contribution is -2.40. The minimum atomic E-state index is 0.565. The number of pyridine rings is 1. The fourth-order valence-electron chi connectivity index (χ4n) is 3.29. The molecule has 1 saturated heterocycles. The second kappa shape index (κ2) is 5.49. The van der Waals surface area contributed by atoms with Crippen molar-refractivity contribution in [3.05, 3.63) is 23.4 Å². The van der Waals surface area contributed by atoms with E-state index in [-0.39, 0.29) is 0 Å². The molecular weight excluding hydrogens is 234 g/mol. The summed E-state index contributed by atoms with van der Waals surface area (Å²) in [5.74, 6) is 1.20. The van der Waals surface area contributed by atoms with E-state index in [0.717, 1.165) is 13.1 Å². The summed E-state index contributed by atoms with van der Waals surface area (Å²) in [6.45, 7) is 6.67. The van der Waals surface area contributed by atoms with Crippen molar-refractivity contribution in [2.75, 3.05) is 18.0 Å². The summed E-state index contributed by atoms with van der Waals surface area (Å²) in [7, 11) is 0. The van der Waals surface area contributed by atoms with Crippen molar-refractivity contribution in [2.24, 2.45) is 0 Å². The van der Waals surface area contributed by atoms with Gasteiger partial charge < -0.3 is 10.2 Å². The van der Waals surface area contributed by atoms with Crippen molar-refractivity contribution in [3.8, 4) is 0 Å². The van der Waals surface area contributed by atoms with Gasteiger partial charge in [-0.25, -0.2) is 4.98 Å².